The molecule has 6 amide bonds. The third-order valence-electron chi connectivity index (χ3n) is 8.26. The number of carbonyl (C=O) groups is 9. The predicted octanol–water partition coefficient (Wildman–Crippen LogP) is 1.16. The second-order valence-corrected chi connectivity index (χ2v) is 14.3. The summed E-state index contributed by atoms with van der Waals surface area (Å²) in [6.07, 6.45) is -3.83. The maximum Gasteiger partial charge on any atom is 0.408 e. The van der Waals surface area contributed by atoms with Crippen LogP contribution in [0.1, 0.15) is 94.6 Å². The van der Waals surface area contributed by atoms with E-state index < -0.39 is 95.8 Å². The molecule has 0 saturated carbocycles. The van der Waals surface area contributed by atoms with Crippen LogP contribution in [0.4, 0.5) is 4.79 Å². The van der Waals surface area contributed by atoms with Gasteiger partial charge in [0.15, 0.2) is 0 Å². The highest BCUT2D eigenvalue weighted by atomic mass is 16.6. The molecule has 59 heavy (non-hydrogen) atoms. The summed E-state index contributed by atoms with van der Waals surface area (Å²) < 4.78 is 10.4. The first kappa shape index (κ1) is 48.4. The number of hydrogen-bond donors (Lipinski definition) is 9. The van der Waals surface area contributed by atoms with Crippen LogP contribution in [0.2, 0.25) is 0 Å². The molecular weight excluding hydrogens is 776 g/mol. The lowest BCUT2D eigenvalue weighted by atomic mass is 10.0. The number of hydrogen-bond acceptors (Lipinski definition) is 12. The van der Waals surface area contributed by atoms with Crippen molar-refractivity contribution in [3.05, 3.63) is 65.7 Å². The summed E-state index contributed by atoms with van der Waals surface area (Å²) >= 11 is 0. The third-order valence-corrected chi connectivity index (χ3v) is 8.26. The van der Waals surface area contributed by atoms with Crippen LogP contribution in [-0.4, -0.2) is 105 Å². The normalized spacial score (nSPS) is 13.5. The highest BCUT2D eigenvalue weighted by Gasteiger charge is 2.36. The summed E-state index contributed by atoms with van der Waals surface area (Å²) in [6, 6.07) is 8.13. The molecule has 0 aliphatic heterocycles. The predicted molar refractivity (Wildman–Crippen MR) is 207 cm³/mol. The molecule has 5 atom stereocenters. The van der Waals surface area contributed by atoms with Crippen molar-refractivity contribution < 1.29 is 67.9 Å². The van der Waals surface area contributed by atoms with Crippen LogP contribution in [-0.2, 0) is 43.0 Å². The highest BCUT2D eigenvalue weighted by Crippen LogP contribution is 2.22. The van der Waals surface area contributed by atoms with Crippen LogP contribution >= 0.6 is 0 Å². The van der Waals surface area contributed by atoms with E-state index in [0.29, 0.717) is 5.56 Å². The molecule has 0 aliphatic carbocycles. The number of ether oxygens (including phenoxy) is 2. The number of carboxylic acid groups (broad SMARTS) is 2. The van der Waals surface area contributed by atoms with Crippen LogP contribution in [0.5, 0.6) is 5.75 Å². The number of carboxylic acids is 2. The molecular formula is C39H52N6O14. The number of amides is 6. The van der Waals surface area contributed by atoms with Gasteiger partial charge in [0.05, 0.1) is 6.42 Å². The zero-order valence-corrected chi connectivity index (χ0v) is 33.1. The van der Waals surface area contributed by atoms with Gasteiger partial charge in [-0.3, -0.25) is 28.8 Å². The molecule has 0 radical (unpaired) electrons. The van der Waals surface area contributed by atoms with E-state index in [0.717, 1.165) is 0 Å². The lowest BCUT2D eigenvalue weighted by molar-refractivity contribution is -0.166. The van der Waals surface area contributed by atoms with Crippen molar-refractivity contribution in [2.24, 2.45) is 5.73 Å². The molecule has 0 heterocycles. The van der Waals surface area contributed by atoms with Gasteiger partial charge in [-0.05, 0) is 83.2 Å². The number of nitrogens with one attached hydrogen (secondary N) is 5. The zero-order chi connectivity index (χ0) is 44.3. The van der Waals surface area contributed by atoms with Crippen molar-refractivity contribution in [3.8, 4) is 5.75 Å². The fourth-order valence-corrected chi connectivity index (χ4v) is 5.24. The Morgan fingerprint density at radius 1 is 0.729 bits per heavy atom. The standard InChI is InChI=1S/C39H52N6O14/c1-22(42-35(52)24-13-15-25(46)16-14-24)34(51)44-26(33(40)50)17-18-29(48)43-27(36(53)54)12-8-9-21-41-28(47)19-20-30(49)58-32(37(55)56)31(23-10-6-5-7-11-23)45-38(57)59-39(2,3)4/h5-7,10-11,13-16,22,26-27,31-32,46H,8-9,12,17-21H2,1-4H3,(H2,40,50)(H,41,47)(H,42,52)(H,43,48)(H,44,51)(H,45,57)(H,53,54)(H,55,56)/t22-,26+,27-,31-,32+/m0/s1. The van der Waals surface area contributed by atoms with Crippen LogP contribution in [0.25, 0.3) is 0 Å². The molecule has 2 aromatic rings. The largest absolute Gasteiger partial charge is 0.508 e. The van der Waals surface area contributed by atoms with Crippen LogP contribution in [0, 0.1) is 0 Å². The summed E-state index contributed by atoms with van der Waals surface area (Å²) in [7, 11) is 0. The lowest BCUT2D eigenvalue weighted by Crippen LogP contribution is -2.52. The average Bonchev–Trinajstić information content (AvgIpc) is 3.15. The van der Waals surface area contributed by atoms with E-state index in [1.807, 2.05) is 0 Å². The molecule has 0 aliphatic rings. The Hall–Kier alpha value is -6.73. The van der Waals surface area contributed by atoms with Gasteiger partial charge in [0.1, 0.15) is 35.5 Å². The summed E-state index contributed by atoms with van der Waals surface area (Å²) in [5.41, 5.74) is 4.98. The zero-order valence-electron chi connectivity index (χ0n) is 33.1. The van der Waals surface area contributed by atoms with Gasteiger partial charge in [-0.1, -0.05) is 30.3 Å². The van der Waals surface area contributed by atoms with Gasteiger partial charge in [-0.15, -0.1) is 0 Å². The van der Waals surface area contributed by atoms with E-state index in [4.69, 9.17) is 15.2 Å². The number of phenols is 1. The number of phenolic OH excluding ortho intramolecular Hbond substituents is 1. The van der Waals surface area contributed by atoms with Crippen molar-refractivity contribution >= 4 is 53.5 Å². The fourth-order valence-electron chi connectivity index (χ4n) is 5.24. The second kappa shape index (κ2) is 23.5. The number of unbranched alkanes of at least 4 members (excludes halogenated alkanes) is 1. The van der Waals surface area contributed by atoms with E-state index in [1.54, 1.807) is 39.0 Å². The van der Waals surface area contributed by atoms with Crippen molar-refractivity contribution in [1.82, 2.24) is 26.6 Å². The first-order valence-corrected chi connectivity index (χ1v) is 18.6. The Morgan fingerprint density at radius 3 is 1.95 bits per heavy atom. The van der Waals surface area contributed by atoms with Crippen LogP contribution < -0.4 is 32.3 Å². The Morgan fingerprint density at radius 2 is 1.37 bits per heavy atom. The minimum absolute atomic E-state index is 0.0337. The molecule has 2 aromatic carbocycles. The van der Waals surface area contributed by atoms with Crippen molar-refractivity contribution in [2.45, 2.75) is 109 Å². The third kappa shape index (κ3) is 18.4. The molecule has 10 N–H and O–H groups in total. The Kier molecular flexibility index (Phi) is 19.3. The molecule has 2 rings (SSSR count). The van der Waals surface area contributed by atoms with Crippen LogP contribution in [0.3, 0.4) is 0 Å². The number of aliphatic carboxylic acids is 2. The molecule has 0 saturated heterocycles. The summed E-state index contributed by atoms with van der Waals surface area (Å²) in [5.74, 6) is -7.65. The molecule has 20 heteroatoms. The Bertz CT molecular complexity index is 1800. The van der Waals surface area contributed by atoms with Crippen molar-refractivity contribution in [3.63, 3.8) is 0 Å². The molecule has 0 bridgehead atoms. The molecule has 0 fully saturated rings. The maximum absolute atomic E-state index is 12.6. The molecule has 322 valence electrons. The first-order chi connectivity index (χ1) is 27.7. The Balaban J connectivity index is 1.79. The quantitative estimate of drug-likeness (QED) is 0.0561. The summed E-state index contributed by atoms with van der Waals surface area (Å²) in [6.45, 7) is 6.29. The number of esters is 1. The maximum atomic E-state index is 12.6. The van der Waals surface area contributed by atoms with Gasteiger partial charge in [-0.2, -0.15) is 0 Å². The number of primary amides is 1. The number of carbonyl (C=O) groups excluding carboxylic acids is 7. The number of alkyl carbamates (subject to hydrolysis) is 1. The summed E-state index contributed by atoms with van der Waals surface area (Å²) in [4.78, 5) is 111. The molecule has 0 unspecified atom stereocenters. The van der Waals surface area contributed by atoms with Gasteiger partial charge in [0.25, 0.3) is 5.91 Å². The SMILES string of the molecule is C[C@H](NC(=O)c1ccc(O)cc1)C(=O)N[C@H](CCC(=O)N[C@@H](CCCCNC(=O)CCC(=O)O[C@@H](C(=O)O)[C@@H](NC(=O)OC(C)(C)C)c1ccccc1)C(=O)O)C(N)=O. The molecule has 0 spiro atoms. The van der Waals surface area contributed by atoms with E-state index in [-0.39, 0.29) is 56.4 Å². The lowest BCUT2D eigenvalue weighted by Gasteiger charge is -2.27. The van der Waals surface area contributed by atoms with Crippen LogP contribution in [0.15, 0.2) is 54.6 Å². The molecule has 20 nitrogen and oxygen atoms in total. The highest BCUT2D eigenvalue weighted by molar-refractivity contribution is 5.98. The number of benzene rings is 2. The monoisotopic (exact) mass is 828 g/mol. The molecule has 0 aromatic heterocycles. The number of nitrogens with two attached hydrogens (primary N) is 1. The van der Waals surface area contributed by atoms with E-state index in [9.17, 15) is 58.5 Å². The minimum Gasteiger partial charge on any atom is -0.508 e. The van der Waals surface area contributed by atoms with E-state index >= 15 is 0 Å². The first-order valence-electron chi connectivity index (χ1n) is 18.6. The number of aromatic hydroxyl groups is 1. The number of rotatable bonds is 23. The van der Waals surface area contributed by atoms with Gasteiger partial charge in [-0.25, -0.2) is 14.4 Å². The van der Waals surface area contributed by atoms with Crippen molar-refractivity contribution in [1.29, 1.82) is 0 Å². The van der Waals surface area contributed by atoms with E-state index in [1.165, 1.54) is 43.3 Å². The fraction of sp³-hybridized carbons (Fsp3) is 0.462. The minimum atomic E-state index is -1.86. The van der Waals surface area contributed by atoms with Gasteiger partial charge in [0, 0.05) is 24.9 Å². The van der Waals surface area contributed by atoms with Gasteiger partial charge < -0.3 is 57.1 Å². The smallest absolute Gasteiger partial charge is 0.408 e. The average molecular weight is 829 g/mol. The van der Waals surface area contributed by atoms with Crippen molar-refractivity contribution in [2.75, 3.05) is 6.54 Å². The second-order valence-electron chi connectivity index (χ2n) is 14.3. The Labute approximate surface area is 339 Å². The van der Waals surface area contributed by atoms with Gasteiger partial charge in [0.2, 0.25) is 29.7 Å². The summed E-state index contributed by atoms with van der Waals surface area (Å²) in [5, 5.41) is 41.0. The topological polar surface area (TPSA) is 319 Å². The van der Waals surface area contributed by atoms with Gasteiger partial charge >= 0.3 is 24.0 Å². The van der Waals surface area contributed by atoms with E-state index in [2.05, 4.69) is 26.6 Å².